The van der Waals surface area contributed by atoms with E-state index in [2.05, 4.69) is 15.7 Å². The first-order valence-electron chi connectivity index (χ1n) is 8.64. The van der Waals surface area contributed by atoms with Gasteiger partial charge in [-0.15, -0.1) is 11.3 Å². The van der Waals surface area contributed by atoms with E-state index in [4.69, 9.17) is 0 Å². The van der Waals surface area contributed by atoms with Gasteiger partial charge in [0.15, 0.2) is 0 Å². The maximum absolute atomic E-state index is 13.9. The predicted molar refractivity (Wildman–Crippen MR) is 104 cm³/mol. The molecule has 1 aromatic heterocycles. The Morgan fingerprint density at radius 1 is 1.14 bits per heavy atom. The van der Waals surface area contributed by atoms with Crippen molar-refractivity contribution in [3.63, 3.8) is 0 Å². The van der Waals surface area contributed by atoms with E-state index >= 15 is 0 Å². The summed E-state index contributed by atoms with van der Waals surface area (Å²) in [5.41, 5.74) is 1.87. The summed E-state index contributed by atoms with van der Waals surface area (Å²) in [5, 5.41) is 3.57. The quantitative estimate of drug-likeness (QED) is 0.647. The number of nitrogens with one attached hydrogen (secondary N) is 2. The summed E-state index contributed by atoms with van der Waals surface area (Å²) in [6, 6.07) is 14.1. The van der Waals surface area contributed by atoms with Crippen LogP contribution in [0.15, 0.2) is 60.8 Å². The third kappa shape index (κ3) is 3.25. The first kappa shape index (κ1) is 18.8. The van der Waals surface area contributed by atoms with Crippen molar-refractivity contribution >= 4 is 29.2 Å². The summed E-state index contributed by atoms with van der Waals surface area (Å²) < 4.78 is 13.9. The van der Waals surface area contributed by atoms with E-state index in [-0.39, 0.29) is 10.4 Å². The first-order valence-corrected chi connectivity index (χ1v) is 9.46. The minimum Gasteiger partial charge on any atom is -0.318 e. The average Bonchev–Trinajstić information content (AvgIpc) is 3.29. The molecule has 2 aromatic carbocycles. The molecule has 9 heteroatoms. The van der Waals surface area contributed by atoms with Crippen molar-refractivity contribution in [2.45, 2.75) is 12.5 Å². The molecule has 2 heterocycles. The molecule has 146 valence electrons. The molecule has 0 radical (unpaired) electrons. The smallest absolute Gasteiger partial charge is 0.318 e. The summed E-state index contributed by atoms with van der Waals surface area (Å²) in [5.74, 6) is -1.76. The van der Waals surface area contributed by atoms with Crippen LogP contribution in [0.2, 0.25) is 0 Å². The summed E-state index contributed by atoms with van der Waals surface area (Å²) in [7, 11) is 0. The number of aromatic nitrogens is 1. The van der Waals surface area contributed by atoms with Crippen molar-refractivity contribution in [1.29, 1.82) is 0 Å². The van der Waals surface area contributed by atoms with Crippen molar-refractivity contribution in [2.24, 2.45) is 0 Å². The van der Waals surface area contributed by atoms with Crippen LogP contribution in [0.5, 0.6) is 0 Å². The number of halogens is 1. The SMILES string of the molecule is CC1(c2ccccc2)NC(=O)N(NC(=O)c2cnc(-c3ccccc3F)s2)C1=O. The molecule has 4 amide bonds. The van der Waals surface area contributed by atoms with E-state index < -0.39 is 29.2 Å². The number of carbonyl (C=O) groups excluding carboxylic acids is 3. The Labute approximate surface area is 169 Å². The monoisotopic (exact) mass is 410 g/mol. The molecule has 3 aromatic rings. The second-order valence-corrected chi connectivity index (χ2v) is 7.54. The molecule has 29 heavy (non-hydrogen) atoms. The minimum atomic E-state index is -1.29. The van der Waals surface area contributed by atoms with Crippen molar-refractivity contribution in [3.8, 4) is 10.6 Å². The number of imide groups is 1. The summed E-state index contributed by atoms with van der Waals surface area (Å²) >= 11 is 0.958. The molecule has 7 nitrogen and oxygen atoms in total. The number of thiazole rings is 1. The lowest BCUT2D eigenvalue weighted by molar-refractivity contribution is -0.132. The van der Waals surface area contributed by atoms with Crippen LogP contribution in [-0.4, -0.2) is 27.8 Å². The Morgan fingerprint density at radius 2 is 1.83 bits per heavy atom. The highest BCUT2D eigenvalue weighted by Crippen LogP contribution is 2.29. The molecule has 1 unspecified atom stereocenters. The fourth-order valence-corrected chi connectivity index (χ4v) is 3.84. The fraction of sp³-hybridized carbons (Fsp3) is 0.100. The molecule has 1 atom stereocenters. The maximum Gasteiger partial charge on any atom is 0.344 e. The highest BCUT2D eigenvalue weighted by Gasteiger charge is 2.50. The van der Waals surface area contributed by atoms with Gasteiger partial charge in [0.25, 0.3) is 11.8 Å². The topological polar surface area (TPSA) is 91.4 Å². The van der Waals surface area contributed by atoms with E-state index in [0.29, 0.717) is 15.6 Å². The van der Waals surface area contributed by atoms with Crippen LogP contribution >= 0.6 is 11.3 Å². The van der Waals surface area contributed by atoms with Crippen molar-refractivity contribution in [3.05, 3.63) is 77.1 Å². The van der Waals surface area contributed by atoms with Gasteiger partial charge in [-0.05, 0) is 24.6 Å². The van der Waals surface area contributed by atoms with Gasteiger partial charge in [-0.3, -0.25) is 15.0 Å². The van der Waals surface area contributed by atoms with Crippen LogP contribution in [0.4, 0.5) is 9.18 Å². The zero-order valence-electron chi connectivity index (χ0n) is 15.2. The Kier molecular flexibility index (Phi) is 4.59. The van der Waals surface area contributed by atoms with Gasteiger partial charge in [0.1, 0.15) is 21.2 Å². The second kappa shape index (κ2) is 7.10. The number of hydrogen-bond acceptors (Lipinski definition) is 5. The Morgan fingerprint density at radius 3 is 2.55 bits per heavy atom. The van der Waals surface area contributed by atoms with Crippen LogP contribution in [-0.2, 0) is 10.3 Å². The normalized spacial score (nSPS) is 18.6. The van der Waals surface area contributed by atoms with Crippen LogP contribution in [0.3, 0.4) is 0 Å². The number of nitrogens with zero attached hydrogens (tertiary/aromatic N) is 2. The lowest BCUT2D eigenvalue weighted by Gasteiger charge is -2.21. The standard InChI is InChI=1S/C20H15FN4O3S/c1-20(12-7-3-2-4-8-12)18(27)25(19(28)23-20)24-16(26)15-11-22-17(29-15)13-9-5-6-10-14(13)21/h2-11H,1H3,(H,23,28)(H,24,26). The largest absolute Gasteiger partial charge is 0.344 e. The van der Waals surface area contributed by atoms with Gasteiger partial charge < -0.3 is 5.32 Å². The van der Waals surface area contributed by atoms with Crippen LogP contribution < -0.4 is 10.7 Å². The summed E-state index contributed by atoms with van der Waals surface area (Å²) in [6.07, 6.45) is 1.27. The predicted octanol–water partition coefficient (Wildman–Crippen LogP) is 3.06. The lowest BCUT2D eigenvalue weighted by Crippen LogP contribution is -2.47. The maximum atomic E-state index is 13.9. The highest BCUT2D eigenvalue weighted by atomic mass is 32.1. The zero-order chi connectivity index (χ0) is 20.6. The molecule has 1 saturated heterocycles. The number of carbonyl (C=O) groups is 3. The second-order valence-electron chi connectivity index (χ2n) is 6.51. The average molecular weight is 410 g/mol. The lowest BCUT2D eigenvalue weighted by atomic mass is 9.92. The number of amides is 4. The van der Waals surface area contributed by atoms with Gasteiger partial charge in [-0.1, -0.05) is 42.5 Å². The molecule has 1 aliphatic rings. The van der Waals surface area contributed by atoms with E-state index in [1.54, 1.807) is 55.5 Å². The molecule has 0 bridgehead atoms. The summed E-state index contributed by atoms with van der Waals surface area (Å²) in [4.78, 5) is 41.9. The van der Waals surface area contributed by atoms with Gasteiger partial charge in [0.2, 0.25) is 0 Å². The molecule has 1 aliphatic heterocycles. The molecule has 1 fully saturated rings. The fourth-order valence-electron chi connectivity index (χ4n) is 3.00. The zero-order valence-corrected chi connectivity index (χ0v) is 16.0. The molecular weight excluding hydrogens is 395 g/mol. The Bertz CT molecular complexity index is 1120. The Balaban J connectivity index is 1.54. The highest BCUT2D eigenvalue weighted by molar-refractivity contribution is 7.16. The molecule has 0 aliphatic carbocycles. The third-order valence-corrected chi connectivity index (χ3v) is 5.62. The van der Waals surface area contributed by atoms with E-state index in [0.717, 1.165) is 11.3 Å². The van der Waals surface area contributed by atoms with Crippen LogP contribution in [0, 0.1) is 5.82 Å². The van der Waals surface area contributed by atoms with Crippen molar-refractivity contribution < 1.29 is 18.8 Å². The number of hydrogen-bond donors (Lipinski definition) is 2. The molecule has 4 rings (SSSR count). The van der Waals surface area contributed by atoms with Gasteiger partial charge in [0, 0.05) is 5.56 Å². The van der Waals surface area contributed by atoms with Gasteiger partial charge >= 0.3 is 6.03 Å². The molecular formula is C20H15FN4O3S. The number of urea groups is 1. The molecule has 0 saturated carbocycles. The van der Waals surface area contributed by atoms with Crippen LogP contribution in [0.1, 0.15) is 22.2 Å². The number of benzene rings is 2. The number of hydrazine groups is 1. The van der Waals surface area contributed by atoms with E-state index in [1.807, 2.05) is 0 Å². The number of rotatable bonds is 4. The van der Waals surface area contributed by atoms with Crippen LogP contribution in [0.25, 0.3) is 10.6 Å². The first-order chi connectivity index (χ1) is 13.9. The third-order valence-electron chi connectivity index (χ3n) is 4.59. The summed E-state index contributed by atoms with van der Waals surface area (Å²) in [6.45, 7) is 1.57. The van der Waals surface area contributed by atoms with E-state index in [9.17, 15) is 18.8 Å². The van der Waals surface area contributed by atoms with Gasteiger partial charge in [0.05, 0.1) is 6.20 Å². The van der Waals surface area contributed by atoms with E-state index in [1.165, 1.54) is 12.3 Å². The van der Waals surface area contributed by atoms with Gasteiger partial charge in [-0.2, -0.15) is 5.01 Å². The minimum absolute atomic E-state index is 0.136. The van der Waals surface area contributed by atoms with Crippen molar-refractivity contribution in [2.75, 3.05) is 0 Å². The van der Waals surface area contributed by atoms with Gasteiger partial charge in [-0.25, -0.2) is 14.2 Å². The van der Waals surface area contributed by atoms with Crippen molar-refractivity contribution in [1.82, 2.24) is 20.7 Å². The Hall–Kier alpha value is -3.59. The molecule has 0 spiro atoms. The molecule has 2 N–H and O–H groups in total.